The predicted octanol–water partition coefficient (Wildman–Crippen LogP) is -5.83. The predicted molar refractivity (Wildman–Crippen MR) is 112 cm³/mol. The van der Waals surface area contributed by atoms with Crippen LogP contribution in [0.2, 0.25) is 0 Å². The molecule has 6 atom stereocenters. The highest BCUT2D eigenvalue weighted by Gasteiger charge is 2.59. The van der Waals surface area contributed by atoms with Gasteiger partial charge in [-0.2, -0.15) is 0 Å². The highest BCUT2D eigenvalue weighted by molar-refractivity contribution is 8.03. The molecule has 0 radical (unpaired) electrons. The number of quaternary nitrogens is 2. The number of aliphatic hydroxyl groups is 1. The minimum atomic E-state index is -1.35. The Morgan fingerprint density at radius 3 is 2.47 bits per heavy atom. The fourth-order valence-corrected chi connectivity index (χ4v) is 7.52. The van der Waals surface area contributed by atoms with Crippen molar-refractivity contribution in [2.75, 3.05) is 46.8 Å². The van der Waals surface area contributed by atoms with E-state index in [9.17, 15) is 24.6 Å². The zero-order valence-electron chi connectivity index (χ0n) is 19.0. The first-order chi connectivity index (χ1) is 14.5. The van der Waals surface area contributed by atoms with Crippen LogP contribution in [-0.2, 0) is 14.4 Å². The van der Waals surface area contributed by atoms with E-state index in [0.29, 0.717) is 15.8 Å². The smallest absolute Gasteiger partial charge is 0.281 e. The van der Waals surface area contributed by atoms with Gasteiger partial charge >= 0.3 is 0 Å². The number of rotatable bonds is 5. The number of piperazine rings is 1. The fourth-order valence-electron chi connectivity index (χ4n) is 5.78. The lowest BCUT2D eigenvalue weighted by Crippen LogP contribution is -3.00. The Kier molecular flexibility index (Phi) is 7.22. The Labute approximate surface area is 199 Å². The van der Waals surface area contributed by atoms with Crippen LogP contribution < -0.4 is 22.8 Å². The molecule has 4 heterocycles. The molecule has 3 saturated heterocycles. The molecule has 0 spiro atoms. The molecule has 3 fully saturated rings. The number of amides is 2. The van der Waals surface area contributed by atoms with Gasteiger partial charge in [-0.05, 0) is 6.92 Å². The lowest BCUT2D eigenvalue weighted by molar-refractivity contribution is -0.893. The van der Waals surface area contributed by atoms with Crippen LogP contribution in [0.5, 0.6) is 0 Å². The summed E-state index contributed by atoms with van der Waals surface area (Å²) in [5.41, 5.74) is -0.0453. The second-order valence-corrected chi connectivity index (χ2v) is 11.2. The number of aliphatic hydroxyl groups excluding tert-OH is 1. The van der Waals surface area contributed by atoms with Crippen molar-refractivity contribution in [2.24, 2.45) is 11.8 Å². The third-order valence-corrected chi connectivity index (χ3v) is 8.90. The van der Waals surface area contributed by atoms with Crippen LogP contribution in [0, 0.1) is 11.8 Å². The number of nitrogens with two attached hydrogens (primary N) is 1. The van der Waals surface area contributed by atoms with Gasteiger partial charge in [-0.25, -0.2) is 0 Å². The second-order valence-electron chi connectivity index (χ2n) is 9.90. The zero-order valence-corrected chi connectivity index (χ0v) is 20.6. The number of likely N-dealkylation sites (tertiary alicyclic amines) is 1. The Morgan fingerprint density at radius 1 is 1.28 bits per heavy atom. The van der Waals surface area contributed by atoms with Gasteiger partial charge in [0.05, 0.1) is 81.8 Å². The van der Waals surface area contributed by atoms with E-state index >= 15 is 0 Å². The number of hydrogen-bond acceptors (Lipinski definition) is 6. The molecule has 0 aliphatic carbocycles. The van der Waals surface area contributed by atoms with Crippen LogP contribution >= 0.6 is 11.8 Å². The third kappa shape index (κ3) is 4.04. The molecule has 180 valence electrons. The number of fused-ring (bicyclic) bond motifs is 1. The highest BCUT2D eigenvalue weighted by atomic mass is 35.5. The van der Waals surface area contributed by atoms with Crippen LogP contribution in [0.4, 0.5) is 0 Å². The Bertz CT molecular complexity index is 829. The van der Waals surface area contributed by atoms with E-state index in [4.69, 9.17) is 0 Å². The summed E-state index contributed by atoms with van der Waals surface area (Å²) in [6.07, 6.45) is -0.152. The number of likely N-dealkylation sites (N-methyl/N-ethyl adjacent to an activating group) is 1. The molecule has 9 nitrogen and oxygen atoms in total. The molecular weight excluding hydrogens is 456 g/mol. The largest absolute Gasteiger partial charge is 1.00 e. The molecular formula is C21H33ClN4O5S. The van der Waals surface area contributed by atoms with E-state index in [-0.39, 0.29) is 53.2 Å². The van der Waals surface area contributed by atoms with Crippen molar-refractivity contribution in [2.45, 2.75) is 43.7 Å². The van der Waals surface area contributed by atoms with E-state index in [0.717, 1.165) is 32.7 Å². The summed E-state index contributed by atoms with van der Waals surface area (Å²) >= 11 is 1.48. The first-order valence-electron chi connectivity index (χ1n) is 11.1. The van der Waals surface area contributed by atoms with Crippen LogP contribution in [-0.4, -0.2) is 107 Å². The molecule has 11 heteroatoms. The van der Waals surface area contributed by atoms with E-state index in [1.54, 1.807) is 6.92 Å². The van der Waals surface area contributed by atoms with Crippen LogP contribution in [0.3, 0.4) is 0 Å². The Morgan fingerprint density at radius 2 is 1.91 bits per heavy atom. The van der Waals surface area contributed by atoms with Crippen LogP contribution in [0.1, 0.15) is 20.3 Å². The van der Waals surface area contributed by atoms with E-state index in [1.165, 1.54) is 16.7 Å². The number of thioether (sulfide) groups is 1. The molecule has 0 saturated carbocycles. The summed E-state index contributed by atoms with van der Waals surface area (Å²) in [5, 5.41) is 24.2. The van der Waals surface area contributed by atoms with Gasteiger partial charge in [0.15, 0.2) is 6.04 Å². The van der Waals surface area contributed by atoms with Gasteiger partial charge in [0, 0.05) is 17.2 Å². The number of carbonyl (C=O) groups is 3. The van der Waals surface area contributed by atoms with Gasteiger partial charge in [-0.1, -0.05) is 6.92 Å². The number of carboxylic acids is 1. The highest BCUT2D eigenvalue weighted by Crippen LogP contribution is 2.52. The number of aliphatic carboxylic acids is 1. The fraction of sp³-hybridized carbons (Fsp3) is 0.762. The summed E-state index contributed by atoms with van der Waals surface area (Å²) in [4.78, 5) is 41.6. The van der Waals surface area contributed by atoms with Gasteiger partial charge in [-0.3, -0.25) is 9.59 Å². The van der Waals surface area contributed by atoms with E-state index < -0.39 is 18.0 Å². The van der Waals surface area contributed by atoms with E-state index in [1.807, 2.05) is 11.8 Å². The van der Waals surface area contributed by atoms with Crippen LogP contribution in [0.25, 0.3) is 0 Å². The molecule has 4 rings (SSSR count). The molecule has 0 bridgehead atoms. The SMILES string of the molecule is C[C@@H](O)[C@H]1C(=O)N2C(C(=O)[O-])=C(S[C@H]3C[C@@H](C(=O)N4CC[NH2+]CC4)[N+](C)(C)C3)[C@H](C)[C@H]12.[Cl-]. The first-order valence-corrected chi connectivity index (χ1v) is 12.0. The van der Waals surface area contributed by atoms with Crippen molar-refractivity contribution >= 4 is 29.5 Å². The molecule has 0 aromatic heterocycles. The Hall–Kier alpha value is -1.33. The maximum Gasteiger partial charge on any atom is 0.281 e. The summed E-state index contributed by atoms with van der Waals surface area (Å²) in [7, 11) is 4.12. The standard InChI is InChI=1S/C21H32N4O5S.ClH/c1-11-16-15(12(2)26)20(28)24(16)17(21(29)30)18(11)31-13-9-14(25(3,4)10-13)19(27)23-7-5-22-6-8-23;/h11-16,22,26H,5-10H2,1-4H3;1H/t11-,12-,13+,14+,15-,16-;/m1./s1. The van der Waals surface area contributed by atoms with Crippen molar-refractivity contribution in [3.63, 3.8) is 0 Å². The first kappa shape index (κ1) is 25.3. The zero-order chi connectivity index (χ0) is 22.7. The summed E-state index contributed by atoms with van der Waals surface area (Å²) in [6, 6.07) is -0.489. The van der Waals surface area contributed by atoms with Crippen molar-refractivity contribution in [1.82, 2.24) is 9.80 Å². The molecule has 0 aromatic rings. The molecule has 32 heavy (non-hydrogen) atoms. The topological polar surface area (TPSA) is 118 Å². The quantitative estimate of drug-likeness (QED) is 0.294. The molecule has 0 aromatic carbocycles. The second kappa shape index (κ2) is 9.13. The lowest BCUT2D eigenvalue weighted by atomic mass is 9.79. The lowest BCUT2D eigenvalue weighted by Gasteiger charge is -2.47. The number of β-lactam (4-membered cyclic amide) rings is 1. The molecule has 0 unspecified atom stereocenters. The maximum absolute atomic E-state index is 13.2. The summed E-state index contributed by atoms with van der Waals surface area (Å²) < 4.78 is 0.571. The van der Waals surface area contributed by atoms with Gasteiger partial charge in [-0.15, -0.1) is 11.8 Å². The van der Waals surface area contributed by atoms with Crippen molar-refractivity contribution in [1.29, 1.82) is 0 Å². The molecule has 2 amide bonds. The van der Waals surface area contributed by atoms with Crippen molar-refractivity contribution in [3.05, 3.63) is 10.6 Å². The number of hydrogen-bond donors (Lipinski definition) is 2. The van der Waals surface area contributed by atoms with Gasteiger partial charge in [0.2, 0.25) is 5.91 Å². The minimum Gasteiger partial charge on any atom is -1.00 e. The maximum atomic E-state index is 13.2. The van der Waals surface area contributed by atoms with Crippen LogP contribution in [0.15, 0.2) is 10.6 Å². The Balaban J connectivity index is 0.00000289. The van der Waals surface area contributed by atoms with Gasteiger partial charge < -0.3 is 47.0 Å². The molecule has 3 N–H and O–H groups in total. The normalized spacial score (nSPS) is 34.7. The molecule has 4 aliphatic heterocycles. The van der Waals surface area contributed by atoms with Crippen molar-refractivity contribution in [3.8, 4) is 0 Å². The summed E-state index contributed by atoms with van der Waals surface area (Å²) in [6.45, 7) is 7.63. The minimum absolute atomic E-state index is 0. The monoisotopic (exact) mass is 488 g/mol. The number of carbonyl (C=O) groups excluding carboxylic acids is 3. The summed E-state index contributed by atoms with van der Waals surface area (Å²) in [5.74, 6) is -2.28. The van der Waals surface area contributed by atoms with Gasteiger partial charge in [0.25, 0.3) is 5.91 Å². The van der Waals surface area contributed by atoms with Gasteiger partial charge in [0.1, 0.15) is 0 Å². The average Bonchev–Trinajstić information content (AvgIpc) is 3.13. The van der Waals surface area contributed by atoms with Crippen molar-refractivity contribution < 1.29 is 46.8 Å². The molecule has 4 aliphatic rings. The number of nitrogens with zero attached hydrogens (tertiary/aromatic N) is 3. The number of carboxylic acid groups (broad SMARTS) is 1. The third-order valence-electron chi connectivity index (χ3n) is 7.40. The average molecular weight is 489 g/mol. The number of halogens is 1. The van der Waals surface area contributed by atoms with E-state index in [2.05, 4.69) is 19.4 Å².